The van der Waals surface area contributed by atoms with E-state index in [-0.39, 0.29) is 0 Å². The zero-order valence-corrected chi connectivity index (χ0v) is 27.1. The van der Waals surface area contributed by atoms with Crippen LogP contribution in [-0.4, -0.2) is 0 Å². The third-order valence-electron chi connectivity index (χ3n) is 9.26. The van der Waals surface area contributed by atoms with Crippen molar-refractivity contribution in [3.05, 3.63) is 188 Å². The zero-order valence-electron chi connectivity index (χ0n) is 26.3. The quantitative estimate of drug-likeness (QED) is 0.177. The van der Waals surface area contributed by atoms with Gasteiger partial charge in [-0.3, -0.25) is 0 Å². The Hall–Kier alpha value is -5.96. The van der Waals surface area contributed by atoms with E-state index in [0.29, 0.717) is 0 Å². The van der Waals surface area contributed by atoms with Gasteiger partial charge in [-0.25, -0.2) is 0 Å². The molecular weight excluding hydrogens is 599 g/mol. The van der Waals surface area contributed by atoms with Crippen LogP contribution in [0.1, 0.15) is 0 Å². The third kappa shape index (κ3) is 5.13. The lowest BCUT2D eigenvalue weighted by Crippen LogP contribution is -2.11. The fourth-order valence-corrected chi connectivity index (χ4v) is 7.95. The summed E-state index contributed by atoms with van der Waals surface area (Å²) in [5.74, 6) is 0. The van der Waals surface area contributed by atoms with Crippen LogP contribution in [-0.2, 0) is 0 Å². The number of para-hydroxylation sites is 1. The van der Waals surface area contributed by atoms with Crippen molar-refractivity contribution in [2.75, 3.05) is 4.90 Å². The van der Waals surface area contributed by atoms with Crippen LogP contribution in [0.3, 0.4) is 0 Å². The van der Waals surface area contributed by atoms with E-state index in [4.69, 9.17) is 0 Å². The molecule has 0 bridgehead atoms. The van der Waals surface area contributed by atoms with Gasteiger partial charge in [0.15, 0.2) is 0 Å². The highest BCUT2D eigenvalue weighted by molar-refractivity contribution is 7.25. The Morgan fingerprint density at radius 3 is 1.60 bits per heavy atom. The Balaban J connectivity index is 1.20. The summed E-state index contributed by atoms with van der Waals surface area (Å²) in [5, 5.41) is 5.09. The van der Waals surface area contributed by atoms with E-state index in [0.717, 1.165) is 17.1 Å². The van der Waals surface area contributed by atoms with Crippen molar-refractivity contribution in [1.82, 2.24) is 0 Å². The zero-order chi connectivity index (χ0) is 31.9. The van der Waals surface area contributed by atoms with Crippen LogP contribution in [0.25, 0.3) is 64.3 Å². The van der Waals surface area contributed by atoms with Crippen LogP contribution in [0.2, 0.25) is 0 Å². The summed E-state index contributed by atoms with van der Waals surface area (Å²) in [5.41, 5.74) is 10.7. The molecule has 9 aromatic rings. The second-order valence-corrected chi connectivity index (χ2v) is 13.3. The second-order valence-electron chi connectivity index (χ2n) is 12.2. The number of rotatable bonds is 6. The van der Waals surface area contributed by atoms with E-state index >= 15 is 0 Å². The van der Waals surface area contributed by atoms with E-state index < -0.39 is 0 Å². The molecule has 0 saturated heterocycles. The lowest BCUT2D eigenvalue weighted by molar-refractivity contribution is 1.29. The molecule has 8 aromatic carbocycles. The predicted molar refractivity (Wildman–Crippen MR) is 208 cm³/mol. The van der Waals surface area contributed by atoms with Gasteiger partial charge < -0.3 is 4.90 Å². The van der Waals surface area contributed by atoms with Crippen molar-refractivity contribution >= 4 is 59.3 Å². The first-order valence-corrected chi connectivity index (χ1v) is 17.2. The number of hydrogen-bond donors (Lipinski definition) is 0. The van der Waals surface area contributed by atoms with Gasteiger partial charge in [-0.1, -0.05) is 140 Å². The summed E-state index contributed by atoms with van der Waals surface area (Å²) in [7, 11) is 0. The highest BCUT2D eigenvalue weighted by Gasteiger charge is 2.20. The van der Waals surface area contributed by atoms with Gasteiger partial charge in [0.2, 0.25) is 0 Å². The number of nitrogens with zero attached hydrogens (tertiary/aromatic N) is 1. The number of benzene rings is 8. The molecule has 1 heterocycles. The summed E-state index contributed by atoms with van der Waals surface area (Å²) < 4.78 is 2.59. The van der Waals surface area contributed by atoms with Crippen molar-refractivity contribution in [3.8, 4) is 33.4 Å². The Kier molecular flexibility index (Phi) is 7.07. The van der Waals surface area contributed by atoms with Crippen LogP contribution in [0.4, 0.5) is 17.1 Å². The number of fused-ring (bicyclic) bond motifs is 4. The number of anilines is 3. The molecule has 0 unspecified atom stereocenters. The lowest BCUT2D eigenvalue weighted by atomic mass is 9.96. The summed E-state index contributed by atoms with van der Waals surface area (Å²) in [6.07, 6.45) is 0. The summed E-state index contributed by atoms with van der Waals surface area (Å²) in [4.78, 5) is 2.41. The van der Waals surface area contributed by atoms with E-state index in [1.54, 1.807) is 0 Å². The first kappa shape index (κ1) is 28.3. The molecule has 0 aliphatic rings. The van der Waals surface area contributed by atoms with Crippen molar-refractivity contribution in [3.63, 3.8) is 0 Å². The average molecular weight is 630 g/mol. The fourth-order valence-electron chi connectivity index (χ4n) is 6.83. The normalized spacial score (nSPS) is 11.3. The molecule has 0 aliphatic heterocycles. The maximum atomic E-state index is 2.41. The van der Waals surface area contributed by atoms with E-state index in [1.165, 1.54) is 64.3 Å². The van der Waals surface area contributed by atoms with Gasteiger partial charge in [0, 0.05) is 37.1 Å². The topological polar surface area (TPSA) is 3.24 Å². The van der Waals surface area contributed by atoms with Crippen LogP contribution in [0.5, 0.6) is 0 Å². The molecule has 0 aliphatic carbocycles. The van der Waals surface area contributed by atoms with Crippen molar-refractivity contribution in [1.29, 1.82) is 0 Å². The van der Waals surface area contributed by atoms with Gasteiger partial charge in [0.1, 0.15) is 0 Å². The maximum Gasteiger partial charge on any atom is 0.0554 e. The highest BCUT2D eigenvalue weighted by Crippen LogP contribution is 2.46. The van der Waals surface area contributed by atoms with Gasteiger partial charge in [-0.15, -0.1) is 11.3 Å². The van der Waals surface area contributed by atoms with Gasteiger partial charge >= 0.3 is 0 Å². The molecule has 48 heavy (non-hydrogen) atoms. The Morgan fingerprint density at radius 2 is 0.875 bits per heavy atom. The monoisotopic (exact) mass is 629 g/mol. The Morgan fingerprint density at radius 1 is 0.333 bits per heavy atom. The Bertz CT molecular complexity index is 2530. The molecule has 0 atom stereocenters. The Labute approximate surface area is 284 Å². The minimum atomic E-state index is 1.12. The van der Waals surface area contributed by atoms with Crippen LogP contribution in [0, 0.1) is 0 Å². The molecule has 1 aromatic heterocycles. The van der Waals surface area contributed by atoms with E-state index in [2.05, 4.69) is 193 Å². The predicted octanol–water partition coefficient (Wildman–Crippen LogP) is 13.7. The standard InChI is InChI=1S/C46H31NS/c1-3-11-32(12-4-1)34-19-21-35(22-20-34)36-25-27-40(28-26-36)47(39-15-5-2-6-16-39)44-31-46-43(41-17-9-10-18-45(41)48-46)30-42(44)38-24-23-33-13-7-8-14-37(33)29-38/h1-31H. The van der Waals surface area contributed by atoms with E-state index in [9.17, 15) is 0 Å². The van der Waals surface area contributed by atoms with Crippen molar-refractivity contribution < 1.29 is 0 Å². The van der Waals surface area contributed by atoms with Gasteiger partial charge in [-0.05, 0) is 87.1 Å². The molecule has 0 amide bonds. The molecule has 0 spiro atoms. The molecule has 9 rings (SSSR count). The van der Waals surface area contributed by atoms with Crippen molar-refractivity contribution in [2.24, 2.45) is 0 Å². The van der Waals surface area contributed by atoms with Crippen LogP contribution < -0.4 is 4.90 Å². The SMILES string of the molecule is c1ccc(-c2ccc(-c3ccc(N(c4ccccc4)c4cc5sc6ccccc6c5cc4-c4ccc5ccccc5c4)cc3)cc2)cc1. The highest BCUT2D eigenvalue weighted by atomic mass is 32.1. The number of hydrogen-bond acceptors (Lipinski definition) is 2. The molecule has 0 saturated carbocycles. The van der Waals surface area contributed by atoms with E-state index in [1.807, 2.05) is 11.3 Å². The first-order valence-electron chi connectivity index (χ1n) is 16.3. The van der Waals surface area contributed by atoms with Crippen LogP contribution >= 0.6 is 11.3 Å². The fraction of sp³-hybridized carbons (Fsp3) is 0. The summed E-state index contributed by atoms with van der Waals surface area (Å²) >= 11 is 1.86. The summed E-state index contributed by atoms with van der Waals surface area (Å²) in [6, 6.07) is 68.2. The van der Waals surface area contributed by atoms with Gasteiger partial charge in [0.25, 0.3) is 0 Å². The average Bonchev–Trinajstić information content (AvgIpc) is 3.53. The molecular formula is C46H31NS. The van der Waals surface area contributed by atoms with Gasteiger partial charge in [0.05, 0.1) is 5.69 Å². The van der Waals surface area contributed by atoms with Crippen molar-refractivity contribution in [2.45, 2.75) is 0 Å². The minimum Gasteiger partial charge on any atom is -0.310 e. The molecule has 2 heteroatoms. The summed E-state index contributed by atoms with van der Waals surface area (Å²) in [6.45, 7) is 0. The second kappa shape index (κ2) is 12.0. The first-order chi connectivity index (χ1) is 23.8. The maximum absolute atomic E-state index is 2.41. The molecule has 1 nitrogen and oxygen atoms in total. The smallest absolute Gasteiger partial charge is 0.0554 e. The van der Waals surface area contributed by atoms with Crippen LogP contribution in [0.15, 0.2) is 188 Å². The lowest BCUT2D eigenvalue weighted by Gasteiger charge is -2.28. The molecule has 226 valence electrons. The minimum absolute atomic E-state index is 1.12. The molecule has 0 fully saturated rings. The molecule has 0 radical (unpaired) electrons. The number of thiophene rings is 1. The third-order valence-corrected chi connectivity index (χ3v) is 10.4. The van der Waals surface area contributed by atoms with Gasteiger partial charge in [-0.2, -0.15) is 0 Å². The molecule has 0 N–H and O–H groups in total. The largest absolute Gasteiger partial charge is 0.310 e.